The zero-order valence-corrected chi connectivity index (χ0v) is 15.0. The predicted molar refractivity (Wildman–Crippen MR) is 94.4 cm³/mol. The van der Waals surface area contributed by atoms with Crippen molar-refractivity contribution in [2.45, 2.75) is 5.75 Å². The maximum atomic E-state index is 10.7. The molecular formula is C15H9Cl3N3O2S-. The summed E-state index contributed by atoms with van der Waals surface area (Å²) in [6.45, 7) is 0. The molecule has 1 atom stereocenters. The second-order valence-electron chi connectivity index (χ2n) is 4.86. The Morgan fingerprint density at radius 1 is 1.08 bits per heavy atom. The Balaban J connectivity index is 2.03. The number of imidazole rings is 1. The molecule has 1 aromatic carbocycles. The molecule has 124 valence electrons. The first kappa shape index (κ1) is 17.4. The average molecular weight is 402 g/mol. The third-order valence-corrected chi connectivity index (χ3v) is 4.84. The lowest BCUT2D eigenvalue weighted by molar-refractivity contribution is 0.536. The van der Waals surface area contributed by atoms with E-state index >= 15 is 0 Å². The van der Waals surface area contributed by atoms with Gasteiger partial charge in [0.2, 0.25) is 0 Å². The van der Waals surface area contributed by atoms with Crippen LogP contribution in [0, 0.1) is 0 Å². The Hall–Kier alpha value is -1.44. The van der Waals surface area contributed by atoms with E-state index in [0.717, 1.165) is 5.56 Å². The van der Waals surface area contributed by atoms with Gasteiger partial charge < -0.3 is 4.55 Å². The van der Waals surface area contributed by atoms with Crippen LogP contribution in [0.25, 0.3) is 17.1 Å². The van der Waals surface area contributed by atoms with Gasteiger partial charge in [0.1, 0.15) is 12.1 Å². The number of benzene rings is 1. The molecule has 0 N–H and O–H groups in total. The topological polar surface area (TPSA) is 70.8 Å². The van der Waals surface area contributed by atoms with Crippen LogP contribution in [0.3, 0.4) is 0 Å². The van der Waals surface area contributed by atoms with Gasteiger partial charge >= 0.3 is 0 Å². The number of hydrogen-bond acceptors (Lipinski definition) is 4. The van der Waals surface area contributed by atoms with Gasteiger partial charge in [-0.3, -0.25) is 8.78 Å². The first-order valence-electron chi connectivity index (χ1n) is 6.65. The van der Waals surface area contributed by atoms with Gasteiger partial charge in [-0.2, -0.15) is 0 Å². The van der Waals surface area contributed by atoms with Gasteiger partial charge in [-0.1, -0.05) is 58.0 Å². The van der Waals surface area contributed by atoms with E-state index in [1.54, 1.807) is 34.9 Å². The summed E-state index contributed by atoms with van der Waals surface area (Å²) in [4.78, 5) is 8.38. The van der Waals surface area contributed by atoms with Gasteiger partial charge in [0.15, 0.2) is 5.15 Å². The fourth-order valence-corrected chi connectivity index (χ4v) is 3.17. The maximum Gasteiger partial charge on any atom is 0.155 e. The molecule has 0 bridgehead atoms. The summed E-state index contributed by atoms with van der Waals surface area (Å²) in [7, 11) is 0. The molecule has 0 saturated carbocycles. The lowest BCUT2D eigenvalue weighted by atomic mass is 10.1. The van der Waals surface area contributed by atoms with E-state index in [0.29, 0.717) is 32.3 Å². The summed E-state index contributed by atoms with van der Waals surface area (Å²) < 4.78 is 23.2. The molecule has 2 heterocycles. The molecule has 0 aliphatic rings. The molecule has 9 heteroatoms. The second-order valence-corrected chi connectivity index (χ2v) is 6.92. The molecule has 3 aromatic rings. The van der Waals surface area contributed by atoms with Crippen LogP contribution in [-0.4, -0.2) is 23.3 Å². The van der Waals surface area contributed by atoms with Crippen LogP contribution in [0.5, 0.6) is 0 Å². The fraction of sp³-hybridized carbons (Fsp3) is 0.0667. The molecule has 24 heavy (non-hydrogen) atoms. The van der Waals surface area contributed by atoms with Crippen LogP contribution in [-0.2, 0) is 16.8 Å². The molecule has 0 spiro atoms. The Morgan fingerprint density at radius 3 is 2.50 bits per heavy atom. The number of hydrogen-bond donors (Lipinski definition) is 0. The van der Waals surface area contributed by atoms with Crippen molar-refractivity contribution in [3.05, 3.63) is 63.6 Å². The summed E-state index contributed by atoms with van der Waals surface area (Å²) >= 11 is 16.1. The summed E-state index contributed by atoms with van der Waals surface area (Å²) in [6, 6.07) is 8.53. The van der Waals surface area contributed by atoms with E-state index in [1.807, 2.05) is 0 Å². The van der Waals surface area contributed by atoms with E-state index in [-0.39, 0.29) is 5.75 Å². The van der Waals surface area contributed by atoms with Gasteiger partial charge in [0.05, 0.1) is 15.7 Å². The molecule has 0 saturated heterocycles. The Bertz CT molecular complexity index is 913. The van der Waals surface area contributed by atoms with Crippen molar-refractivity contribution in [1.82, 2.24) is 14.5 Å². The minimum absolute atomic E-state index is 0.0857. The monoisotopic (exact) mass is 400 g/mol. The van der Waals surface area contributed by atoms with Gasteiger partial charge in [-0.15, -0.1) is 0 Å². The Morgan fingerprint density at radius 2 is 1.88 bits per heavy atom. The van der Waals surface area contributed by atoms with Crippen LogP contribution in [0.2, 0.25) is 15.2 Å². The van der Waals surface area contributed by atoms with Gasteiger partial charge in [-0.05, 0) is 23.8 Å². The van der Waals surface area contributed by atoms with E-state index in [4.69, 9.17) is 34.8 Å². The standard InChI is InChI=1S/C15H10Cl3N3O2S/c16-11-3-2-10(5-12(11)17)14-15(18)20-8-21(14)13-4-1-9(6-19-13)7-24(22)23/h1-6,8H,7H2,(H,22,23)/p-1. The summed E-state index contributed by atoms with van der Waals surface area (Å²) in [5, 5.41) is 1.13. The lowest BCUT2D eigenvalue weighted by Crippen LogP contribution is -2.00. The molecule has 5 nitrogen and oxygen atoms in total. The van der Waals surface area contributed by atoms with Crippen molar-refractivity contribution in [2.24, 2.45) is 0 Å². The average Bonchev–Trinajstić information content (AvgIpc) is 2.92. The summed E-state index contributed by atoms with van der Waals surface area (Å²) in [6.07, 6.45) is 3.03. The van der Waals surface area contributed by atoms with Crippen molar-refractivity contribution in [3.63, 3.8) is 0 Å². The van der Waals surface area contributed by atoms with Gasteiger partial charge in [-0.25, -0.2) is 9.97 Å². The molecule has 0 radical (unpaired) electrons. The maximum absolute atomic E-state index is 10.7. The Kier molecular flexibility index (Phi) is 5.22. The summed E-state index contributed by atoms with van der Waals surface area (Å²) in [5.74, 6) is 0.466. The highest BCUT2D eigenvalue weighted by atomic mass is 35.5. The van der Waals surface area contributed by atoms with E-state index in [9.17, 15) is 8.76 Å². The minimum Gasteiger partial charge on any atom is -0.772 e. The molecule has 3 rings (SSSR count). The van der Waals surface area contributed by atoms with Gasteiger partial charge in [0.25, 0.3) is 0 Å². The number of pyridine rings is 1. The predicted octanol–water partition coefficient (Wildman–Crippen LogP) is 4.27. The second kappa shape index (κ2) is 7.21. The van der Waals surface area contributed by atoms with E-state index in [1.165, 1.54) is 12.5 Å². The number of aromatic nitrogens is 3. The first-order chi connectivity index (χ1) is 11.5. The molecule has 1 unspecified atom stereocenters. The molecule has 0 aliphatic heterocycles. The first-order valence-corrected chi connectivity index (χ1v) is 9.03. The molecule has 2 aromatic heterocycles. The lowest BCUT2D eigenvalue weighted by Gasteiger charge is -2.10. The smallest absolute Gasteiger partial charge is 0.155 e. The van der Waals surface area contributed by atoms with Crippen LogP contribution in [0.15, 0.2) is 42.9 Å². The SMILES string of the molecule is O=S([O-])Cc1ccc(-n2cnc(Cl)c2-c2ccc(Cl)c(Cl)c2)nc1. The zero-order valence-electron chi connectivity index (χ0n) is 11.9. The number of halogens is 3. The molecule has 0 amide bonds. The third kappa shape index (κ3) is 3.63. The Labute approximate surface area is 155 Å². The van der Waals surface area contributed by atoms with Crippen molar-refractivity contribution < 1.29 is 8.76 Å². The van der Waals surface area contributed by atoms with E-state index in [2.05, 4.69) is 9.97 Å². The summed E-state index contributed by atoms with van der Waals surface area (Å²) in [5.41, 5.74) is 1.94. The van der Waals surface area contributed by atoms with E-state index < -0.39 is 11.1 Å². The van der Waals surface area contributed by atoms with Crippen molar-refractivity contribution in [3.8, 4) is 17.1 Å². The van der Waals surface area contributed by atoms with Crippen LogP contribution < -0.4 is 0 Å². The minimum atomic E-state index is -2.16. The van der Waals surface area contributed by atoms with Crippen LogP contribution in [0.4, 0.5) is 0 Å². The van der Waals surface area contributed by atoms with Crippen LogP contribution in [0.1, 0.15) is 5.56 Å². The third-order valence-electron chi connectivity index (χ3n) is 3.26. The van der Waals surface area contributed by atoms with Crippen molar-refractivity contribution in [2.75, 3.05) is 0 Å². The largest absolute Gasteiger partial charge is 0.772 e. The fourth-order valence-electron chi connectivity index (χ4n) is 2.18. The highest BCUT2D eigenvalue weighted by Crippen LogP contribution is 2.33. The van der Waals surface area contributed by atoms with Gasteiger partial charge in [0, 0.05) is 17.5 Å². The normalized spacial score (nSPS) is 12.3. The van der Waals surface area contributed by atoms with Crippen LogP contribution >= 0.6 is 34.8 Å². The van der Waals surface area contributed by atoms with Crippen molar-refractivity contribution >= 4 is 45.9 Å². The molecule has 0 aliphatic carbocycles. The number of nitrogens with zero attached hydrogens (tertiary/aromatic N) is 3. The quantitative estimate of drug-likeness (QED) is 0.612. The highest BCUT2D eigenvalue weighted by Gasteiger charge is 2.15. The highest BCUT2D eigenvalue weighted by molar-refractivity contribution is 7.78. The number of rotatable bonds is 4. The molecular weight excluding hydrogens is 393 g/mol. The zero-order chi connectivity index (χ0) is 17.3. The van der Waals surface area contributed by atoms with Crippen molar-refractivity contribution in [1.29, 1.82) is 0 Å². The molecule has 0 fully saturated rings.